The molecular weight excluding hydrogens is 442 g/mol. The van der Waals surface area contributed by atoms with Crippen molar-refractivity contribution in [3.8, 4) is 0 Å². The number of hydrogen-bond donors (Lipinski definition) is 1. The summed E-state index contributed by atoms with van der Waals surface area (Å²) in [5.74, 6) is 0. The molecule has 2 aromatic rings. The third-order valence-corrected chi connectivity index (χ3v) is 5.87. The molecule has 1 aromatic carbocycles. The first-order chi connectivity index (χ1) is 9.20. The summed E-state index contributed by atoms with van der Waals surface area (Å²) in [6, 6.07) is 5.02. The molecule has 1 atom stereocenters. The van der Waals surface area contributed by atoms with E-state index in [2.05, 4.69) is 31.9 Å². The van der Waals surface area contributed by atoms with Crippen molar-refractivity contribution < 1.29 is 13.2 Å². The summed E-state index contributed by atoms with van der Waals surface area (Å²) in [7, 11) is 0. The summed E-state index contributed by atoms with van der Waals surface area (Å²) in [5, 5.41) is 0. The Kier molecular flexibility index (Phi) is 4.86. The van der Waals surface area contributed by atoms with Gasteiger partial charge in [-0.2, -0.15) is 13.2 Å². The quantitative estimate of drug-likeness (QED) is 0.599. The van der Waals surface area contributed by atoms with Crippen LogP contribution in [-0.4, -0.2) is 0 Å². The van der Waals surface area contributed by atoms with Crippen molar-refractivity contribution in [3.05, 3.63) is 53.6 Å². The van der Waals surface area contributed by atoms with Crippen LogP contribution < -0.4 is 5.73 Å². The largest absolute Gasteiger partial charge is 0.417 e. The van der Waals surface area contributed by atoms with Crippen LogP contribution >= 0.6 is 54.8 Å². The number of benzene rings is 1. The number of nitrogens with two attached hydrogens (primary N) is 1. The van der Waals surface area contributed by atoms with E-state index in [9.17, 15) is 13.2 Å². The Morgan fingerprint density at radius 3 is 2.30 bits per heavy atom. The molecule has 0 amide bonds. The zero-order chi connectivity index (χ0) is 15.1. The van der Waals surface area contributed by atoms with Gasteiger partial charge in [-0.3, -0.25) is 0 Å². The van der Waals surface area contributed by atoms with E-state index in [-0.39, 0.29) is 4.47 Å². The minimum Gasteiger partial charge on any atom is -0.320 e. The van der Waals surface area contributed by atoms with Gasteiger partial charge in [0.15, 0.2) is 0 Å². The molecule has 0 fully saturated rings. The monoisotopic (exact) mass is 447 g/mol. The van der Waals surface area contributed by atoms with E-state index in [1.54, 1.807) is 12.1 Å². The summed E-state index contributed by atoms with van der Waals surface area (Å²) in [4.78, 5) is 0.692. The zero-order valence-corrected chi connectivity index (χ0v) is 14.4. The molecule has 0 saturated carbocycles. The molecule has 8 heteroatoms. The summed E-state index contributed by atoms with van der Waals surface area (Å²) in [6.45, 7) is 0. The Bertz CT molecular complexity index is 623. The molecule has 1 unspecified atom stereocenters. The number of rotatable bonds is 2. The fraction of sp³-hybridized carbons (Fsp3) is 0.167. The fourth-order valence-electron chi connectivity index (χ4n) is 1.63. The average Bonchev–Trinajstić information content (AvgIpc) is 2.68. The van der Waals surface area contributed by atoms with Crippen LogP contribution in [0.25, 0.3) is 0 Å². The van der Waals surface area contributed by atoms with E-state index >= 15 is 0 Å². The molecule has 0 radical (unpaired) electrons. The van der Waals surface area contributed by atoms with E-state index in [1.165, 1.54) is 17.4 Å². The second-order valence-electron chi connectivity index (χ2n) is 3.99. The van der Waals surface area contributed by atoms with Gasteiger partial charge in [0, 0.05) is 13.8 Å². The maximum atomic E-state index is 12.9. The Morgan fingerprint density at radius 1 is 1.15 bits per heavy atom. The van der Waals surface area contributed by atoms with Crippen molar-refractivity contribution in [3.63, 3.8) is 0 Å². The lowest BCUT2D eigenvalue weighted by Gasteiger charge is -2.14. The van der Waals surface area contributed by atoms with Crippen LogP contribution in [0.4, 0.5) is 13.2 Å². The number of alkyl halides is 3. The van der Waals surface area contributed by atoms with Gasteiger partial charge in [-0.05, 0) is 39.7 Å². The Balaban J connectivity index is 2.43. The molecule has 0 bridgehead atoms. The highest BCUT2D eigenvalue weighted by Gasteiger charge is 2.33. The van der Waals surface area contributed by atoms with E-state index in [0.717, 1.165) is 6.07 Å². The lowest BCUT2D eigenvalue weighted by molar-refractivity contribution is -0.138. The lowest BCUT2D eigenvalue weighted by atomic mass is 10.0. The summed E-state index contributed by atoms with van der Waals surface area (Å²) in [5.41, 5.74) is 5.65. The van der Waals surface area contributed by atoms with Crippen molar-refractivity contribution in [1.82, 2.24) is 0 Å². The molecule has 20 heavy (non-hydrogen) atoms. The highest BCUT2D eigenvalue weighted by atomic mass is 79.9. The number of hydrogen-bond acceptors (Lipinski definition) is 2. The van der Waals surface area contributed by atoms with Gasteiger partial charge in [-0.15, -0.1) is 11.3 Å². The van der Waals surface area contributed by atoms with E-state index in [4.69, 9.17) is 17.3 Å². The van der Waals surface area contributed by atoms with Crippen molar-refractivity contribution >= 4 is 54.8 Å². The molecule has 1 heterocycles. The highest BCUT2D eigenvalue weighted by molar-refractivity contribution is 9.10. The molecule has 2 rings (SSSR count). The molecule has 1 aromatic heterocycles. The minimum atomic E-state index is -4.43. The predicted octanol–water partition coefficient (Wildman–Crippen LogP) is 5.99. The van der Waals surface area contributed by atoms with E-state index < -0.39 is 17.8 Å². The highest BCUT2D eigenvalue weighted by Crippen LogP contribution is 2.39. The van der Waals surface area contributed by atoms with Gasteiger partial charge >= 0.3 is 6.18 Å². The number of halogens is 6. The third kappa shape index (κ3) is 3.39. The van der Waals surface area contributed by atoms with Crippen LogP contribution in [0.3, 0.4) is 0 Å². The van der Waals surface area contributed by atoms with Gasteiger partial charge < -0.3 is 5.73 Å². The van der Waals surface area contributed by atoms with Crippen molar-refractivity contribution in [1.29, 1.82) is 0 Å². The maximum absolute atomic E-state index is 12.9. The van der Waals surface area contributed by atoms with E-state index in [1.807, 2.05) is 0 Å². The molecule has 2 N–H and O–H groups in total. The minimum absolute atomic E-state index is 0.00802. The summed E-state index contributed by atoms with van der Waals surface area (Å²) < 4.78 is 39.8. The normalized spacial score (nSPS) is 13.6. The fourth-order valence-corrected chi connectivity index (χ4v) is 3.87. The van der Waals surface area contributed by atoms with Crippen LogP contribution in [0.1, 0.15) is 22.0 Å². The first-order valence-electron chi connectivity index (χ1n) is 5.27. The molecular formula is C12H7Br2ClF3NS. The maximum Gasteiger partial charge on any atom is 0.417 e. The van der Waals surface area contributed by atoms with Crippen molar-refractivity contribution in [2.45, 2.75) is 12.2 Å². The first kappa shape index (κ1) is 16.3. The summed E-state index contributed by atoms with van der Waals surface area (Å²) in [6.07, 6.45) is -4.43. The topological polar surface area (TPSA) is 26.0 Å². The van der Waals surface area contributed by atoms with Crippen LogP contribution in [0, 0.1) is 0 Å². The van der Waals surface area contributed by atoms with Crippen LogP contribution in [0.2, 0.25) is 4.34 Å². The van der Waals surface area contributed by atoms with Gasteiger partial charge in [0.2, 0.25) is 0 Å². The average molecular weight is 450 g/mol. The lowest BCUT2D eigenvalue weighted by Crippen LogP contribution is -2.13. The van der Waals surface area contributed by atoms with Crippen LogP contribution in [0.5, 0.6) is 0 Å². The Hall–Kier alpha value is -0.0800. The Labute approximate surface area is 139 Å². The Morgan fingerprint density at radius 2 is 1.80 bits per heavy atom. The SMILES string of the molecule is NC(c1ccc(Br)c(C(F)(F)F)c1)c1cc(Br)c(Cl)s1. The second-order valence-corrected chi connectivity index (χ2v) is 7.38. The van der Waals surface area contributed by atoms with Crippen molar-refractivity contribution in [2.75, 3.05) is 0 Å². The molecule has 0 aliphatic heterocycles. The predicted molar refractivity (Wildman–Crippen MR) is 82.2 cm³/mol. The van der Waals surface area contributed by atoms with E-state index in [0.29, 0.717) is 19.2 Å². The molecule has 108 valence electrons. The van der Waals surface area contributed by atoms with Gasteiger partial charge in [-0.1, -0.05) is 33.6 Å². The molecule has 0 aliphatic carbocycles. The number of thiophene rings is 1. The van der Waals surface area contributed by atoms with Gasteiger partial charge in [0.1, 0.15) is 4.34 Å². The molecule has 1 nitrogen and oxygen atoms in total. The smallest absolute Gasteiger partial charge is 0.320 e. The first-order valence-corrected chi connectivity index (χ1v) is 8.05. The molecule has 0 saturated heterocycles. The van der Waals surface area contributed by atoms with Crippen molar-refractivity contribution in [2.24, 2.45) is 5.73 Å². The third-order valence-electron chi connectivity index (χ3n) is 2.63. The standard InChI is InChI=1S/C12H7Br2ClF3NS/c13-7-2-1-5(3-6(7)12(16,17)18)10(19)9-4-8(14)11(15)20-9/h1-4,10H,19H2. The van der Waals surface area contributed by atoms with Gasteiger partial charge in [-0.25, -0.2) is 0 Å². The van der Waals surface area contributed by atoms with Gasteiger partial charge in [0.25, 0.3) is 0 Å². The van der Waals surface area contributed by atoms with Gasteiger partial charge in [0.05, 0.1) is 11.6 Å². The molecule has 0 spiro atoms. The van der Waals surface area contributed by atoms with Crippen LogP contribution in [0.15, 0.2) is 33.2 Å². The van der Waals surface area contributed by atoms with Crippen LogP contribution in [-0.2, 0) is 6.18 Å². The zero-order valence-electron chi connectivity index (χ0n) is 9.64. The molecule has 0 aliphatic rings. The second kappa shape index (κ2) is 5.96. The summed E-state index contributed by atoms with van der Waals surface area (Å²) >= 11 is 13.3.